The lowest BCUT2D eigenvalue weighted by Gasteiger charge is -2.40. The van der Waals surface area contributed by atoms with Gasteiger partial charge in [0.05, 0.1) is 30.6 Å². The molecule has 2 aromatic heterocycles. The van der Waals surface area contributed by atoms with E-state index in [0.29, 0.717) is 6.61 Å². The van der Waals surface area contributed by atoms with Crippen molar-refractivity contribution in [1.29, 1.82) is 0 Å². The first kappa shape index (κ1) is 12.7. The van der Waals surface area contributed by atoms with Crippen molar-refractivity contribution in [1.82, 2.24) is 25.0 Å². The lowest BCUT2D eigenvalue weighted by atomic mass is 10.0. The van der Waals surface area contributed by atoms with Crippen LogP contribution < -0.4 is 4.90 Å². The maximum absolute atomic E-state index is 5.97. The van der Waals surface area contributed by atoms with Crippen molar-refractivity contribution in [3.8, 4) is 0 Å². The van der Waals surface area contributed by atoms with E-state index < -0.39 is 0 Å². The van der Waals surface area contributed by atoms with Crippen LogP contribution in [0.3, 0.4) is 0 Å². The molecule has 0 N–H and O–H groups in total. The van der Waals surface area contributed by atoms with Gasteiger partial charge >= 0.3 is 0 Å². The predicted octanol–water partition coefficient (Wildman–Crippen LogP) is 0.981. The van der Waals surface area contributed by atoms with Crippen LogP contribution in [0.1, 0.15) is 30.6 Å². The van der Waals surface area contributed by atoms with E-state index in [1.54, 1.807) is 6.20 Å². The summed E-state index contributed by atoms with van der Waals surface area (Å²) in [5.41, 5.74) is 2.23. The van der Waals surface area contributed by atoms with E-state index in [1.807, 2.05) is 17.1 Å². The van der Waals surface area contributed by atoms with E-state index >= 15 is 0 Å². The Morgan fingerprint density at radius 3 is 2.95 bits per heavy atom. The highest BCUT2D eigenvalue weighted by molar-refractivity contribution is 5.31. The average molecular weight is 286 g/mol. The monoisotopic (exact) mass is 286 g/mol. The van der Waals surface area contributed by atoms with Gasteiger partial charge in [-0.3, -0.25) is 0 Å². The topological polar surface area (TPSA) is 69.0 Å². The van der Waals surface area contributed by atoms with Crippen molar-refractivity contribution in [3.05, 3.63) is 29.8 Å². The van der Waals surface area contributed by atoms with Crippen molar-refractivity contribution in [3.63, 3.8) is 0 Å². The second-order valence-electron chi connectivity index (χ2n) is 5.57. The number of hydrogen-bond donors (Lipinski definition) is 0. The molecule has 7 heteroatoms. The largest absolute Gasteiger partial charge is 0.368 e. The molecule has 4 heterocycles. The van der Waals surface area contributed by atoms with E-state index in [4.69, 9.17) is 4.74 Å². The molecular weight excluding hydrogens is 268 g/mol. The minimum Gasteiger partial charge on any atom is -0.368 e. The van der Waals surface area contributed by atoms with Crippen molar-refractivity contribution < 1.29 is 4.74 Å². The number of aromatic nitrogens is 5. The molecule has 0 unspecified atom stereocenters. The number of rotatable bonds is 2. The minimum absolute atomic E-state index is 0.127. The quantitative estimate of drug-likeness (QED) is 0.819. The van der Waals surface area contributed by atoms with Crippen LogP contribution >= 0.6 is 0 Å². The maximum Gasteiger partial charge on any atom is 0.225 e. The van der Waals surface area contributed by atoms with Gasteiger partial charge in [0.25, 0.3) is 0 Å². The van der Waals surface area contributed by atoms with Crippen LogP contribution in [0, 0.1) is 0 Å². The highest BCUT2D eigenvalue weighted by Gasteiger charge is 2.36. The zero-order chi connectivity index (χ0) is 14.2. The number of ether oxygens (including phenoxy) is 1. The summed E-state index contributed by atoms with van der Waals surface area (Å²) in [5.74, 6) is 0.790. The molecule has 0 saturated carbocycles. The molecule has 0 aliphatic carbocycles. The van der Waals surface area contributed by atoms with Gasteiger partial charge in [0.1, 0.15) is 0 Å². The van der Waals surface area contributed by atoms with Crippen LogP contribution in [0.2, 0.25) is 0 Å². The van der Waals surface area contributed by atoms with Gasteiger partial charge < -0.3 is 9.64 Å². The Morgan fingerprint density at radius 2 is 2.14 bits per heavy atom. The molecule has 2 atom stereocenters. The highest BCUT2D eigenvalue weighted by atomic mass is 16.5. The molecule has 4 rings (SSSR count). The lowest BCUT2D eigenvalue weighted by Crippen LogP contribution is -2.49. The Morgan fingerprint density at radius 1 is 1.29 bits per heavy atom. The van der Waals surface area contributed by atoms with Crippen LogP contribution in [0.25, 0.3) is 0 Å². The molecule has 0 amide bonds. The van der Waals surface area contributed by atoms with Gasteiger partial charge in [-0.15, -0.1) is 5.10 Å². The Bertz CT molecular complexity index is 625. The molecule has 2 aliphatic heterocycles. The number of anilines is 1. The van der Waals surface area contributed by atoms with Gasteiger partial charge in [-0.05, 0) is 18.4 Å². The van der Waals surface area contributed by atoms with Gasteiger partial charge in [-0.1, -0.05) is 12.1 Å². The normalized spacial score (nSPS) is 24.5. The second-order valence-corrected chi connectivity index (χ2v) is 5.57. The van der Waals surface area contributed by atoms with Gasteiger partial charge in [0, 0.05) is 25.5 Å². The predicted molar refractivity (Wildman–Crippen MR) is 75.9 cm³/mol. The fraction of sp³-hybridized carbons (Fsp3) is 0.571. The SMILES string of the molecule is CCc1cnc(N2CC[C@H]3[C@H](C2)OCc2cnnn23)nc1. The smallest absolute Gasteiger partial charge is 0.225 e. The molecule has 0 spiro atoms. The summed E-state index contributed by atoms with van der Waals surface area (Å²) in [4.78, 5) is 11.1. The van der Waals surface area contributed by atoms with Crippen molar-refractivity contribution in [2.45, 2.75) is 38.5 Å². The molecular formula is C14H18N6O. The van der Waals surface area contributed by atoms with E-state index in [9.17, 15) is 0 Å². The Balaban J connectivity index is 1.52. The van der Waals surface area contributed by atoms with Gasteiger partial charge in [-0.2, -0.15) is 0 Å². The average Bonchev–Trinajstić information content (AvgIpc) is 3.03. The lowest BCUT2D eigenvalue weighted by molar-refractivity contribution is -0.0336. The minimum atomic E-state index is 0.127. The standard InChI is InChI=1S/C14H18N6O/c1-2-10-5-15-14(16-6-10)19-4-3-12-13(8-19)21-9-11-7-17-18-20(11)12/h5-7,12-13H,2-4,8-9H2,1H3/t12-,13-/m0/s1. The van der Waals surface area contributed by atoms with Crippen molar-refractivity contribution in [2.24, 2.45) is 0 Å². The number of aryl methyl sites for hydroxylation is 1. The second kappa shape index (κ2) is 5.07. The van der Waals surface area contributed by atoms with E-state index in [0.717, 1.165) is 43.1 Å². The molecule has 7 nitrogen and oxygen atoms in total. The first-order valence-electron chi connectivity index (χ1n) is 7.41. The third-order valence-corrected chi connectivity index (χ3v) is 4.32. The fourth-order valence-electron chi connectivity index (χ4n) is 3.06. The van der Waals surface area contributed by atoms with E-state index in [2.05, 4.69) is 32.1 Å². The van der Waals surface area contributed by atoms with Gasteiger partial charge in [-0.25, -0.2) is 14.6 Å². The van der Waals surface area contributed by atoms with Crippen LogP contribution in [0.5, 0.6) is 0 Å². The molecule has 110 valence electrons. The van der Waals surface area contributed by atoms with Gasteiger partial charge in [0.2, 0.25) is 5.95 Å². The summed E-state index contributed by atoms with van der Waals surface area (Å²) < 4.78 is 7.99. The van der Waals surface area contributed by atoms with Crippen LogP contribution in [-0.2, 0) is 17.8 Å². The first-order valence-corrected chi connectivity index (χ1v) is 7.41. The number of nitrogens with zero attached hydrogens (tertiary/aromatic N) is 6. The molecule has 1 fully saturated rings. The van der Waals surface area contributed by atoms with Crippen molar-refractivity contribution in [2.75, 3.05) is 18.0 Å². The van der Waals surface area contributed by atoms with Crippen LogP contribution in [0.15, 0.2) is 18.6 Å². The third-order valence-electron chi connectivity index (χ3n) is 4.32. The van der Waals surface area contributed by atoms with E-state index in [-0.39, 0.29) is 12.1 Å². The number of hydrogen-bond acceptors (Lipinski definition) is 6. The summed E-state index contributed by atoms with van der Waals surface area (Å²) in [6, 6.07) is 0.280. The summed E-state index contributed by atoms with van der Waals surface area (Å²) in [6.45, 7) is 4.40. The molecule has 1 saturated heterocycles. The first-order chi connectivity index (χ1) is 10.3. The third kappa shape index (κ3) is 2.17. The summed E-state index contributed by atoms with van der Waals surface area (Å²) in [5, 5.41) is 8.18. The zero-order valence-corrected chi connectivity index (χ0v) is 12.0. The Kier molecular flexibility index (Phi) is 3.07. The molecule has 2 aliphatic rings. The molecule has 0 aromatic carbocycles. The van der Waals surface area contributed by atoms with Crippen LogP contribution in [-0.4, -0.2) is 44.2 Å². The zero-order valence-electron chi connectivity index (χ0n) is 12.0. The van der Waals surface area contributed by atoms with E-state index in [1.165, 1.54) is 0 Å². The van der Waals surface area contributed by atoms with Gasteiger partial charge in [0.15, 0.2) is 0 Å². The Hall–Kier alpha value is -2.02. The molecule has 21 heavy (non-hydrogen) atoms. The molecule has 2 aromatic rings. The molecule has 0 radical (unpaired) electrons. The summed E-state index contributed by atoms with van der Waals surface area (Å²) >= 11 is 0. The maximum atomic E-state index is 5.97. The van der Waals surface area contributed by atoms with Crippen LogP contribution in [0.4, 0.5) is 5.95 Å². The number of piperidine rings is 1. The van der Waals surface area contributed by atoms with Crippen molar-refractivity contribution >= 4 is 5.95 Å². The summed E-state index contributed by atoms with van der Waals surface area (Å²) in [7, 11) is 0. The fourth-order valence-corrected chi connectivity index (χ4v) is 3.06. The highest BCUT2D eigenvalue weighted by Crippen LogP contribution is 2.31. The summed E-state index contributed by atoms with van der Waals surface area (Å²) in [6.07, 6.45) is 7.66. The Labute approximate surface area is 123 Å². The molecule has 0 bridgehead atoms. The number of fused-ring (bicyclic) bond motifs is 3.